The van der Waals surface area contributed by atoms with Crippen LogP contribution in [-0.4, -0.2) is 85.9 Å². The molecule has 180 valence electrons. The number of morpholine rings is 1. The molecular formula is C23H29F3N4O3. The zero-order valence-electron chi connectivity index (χ0n) is 18.6. The lowest BCUT2D eigenvalue weighted by Gasteiger charge is -2.46. The number of ether oxygens (including phenoxy) is 1. The van der Waals surface area contributed by atoms with Gasteiger partial charge in [-0.05, 0) is 37.5 Å². The van der Waals surface area contributed by atoms with Crippen LogP contribution in [0.5, 0.6) is 0 Å². The number of carbonyl (C=O) groups is 2. The SMILES string of the molecule is CC1(C(F)(F)F)CCN(c2ccc(C3CN(C(=O)N4CC[C@@H]5OCC(=O)N[C@@H]5C4)C3)cc2)C1. The van der Waals surface area contributed by atoms with Gasteiger partial charge in [-0.2, -0.15) is 13.2 Å². The first-order valence-corrected chi connectivity index (χ1v) is 11.5. The summed E-state index contributed by atoms with van der Waals surface area (Å²) >= 11 is 0. The second-order valence-electron chi connectivity index (χ2n) is 9.96. The van der Waals surface area contributed by atoms with E-state index in [1.807, 2.05) is 24.3 Å². The first-order chi connectivity index (χ1) is 15.6. The Bertz CT molecular complexity index is 919. The van der Waals surface area contributed by atoms with Gasteiger partial charge in [0, 0.05) is 50.9 Å². The summed E-state index contributed by atoms with van der Waals surface area (Å²) in [4.78, 5) is 29.8. The molecule has 0 aliphatic carbocycles. The van der Waals surface area contributed by atoms with E-state index in [4.69, 9.17) is 4.74 Å². The molecule has 0 radical (unpaired) electrons. The van der Waals surface area contributed by atoms with Crippen LogP contribution in [0.15, 0.2) is 24.3 Å². The van der Waals surface area contributed by atoms with Crippen molar-refractivity contribution in [3.63, 3.8) is 0 Å². The standard InChI is InChI=1S/C23H29F3N4O3/c1-22(23(24,25)26)7-9-29(14-22)17-4-2-15(3-5-17)16-10-30(11-16)21(32)28-8-6-19-18(12-28)27-20(31)13-33-19/h2-5,16,18-19H,6-14H2,1H3,(H,27,31)/t18-,19+,22?/m1/s1. The Morgan fingerprint density at radius 2 is 1.85 bits per heavy atom. The van der Waals surface area contributed by atoms with Crippen molar-refractivity contribution < 1.29 is 27.5 Å². The summed E-state index contributed by atoms with van der Waals surface area (Å²) < 4.78 is 45.5. The van der Waals surface area contributed by atoms with Gasteiger partial charge in [0.2, 0.25) is 5.91 Å². The first kappa shape index (κ1) is 22.3. The smallest absolute Gasteiger partial charge is 0.371 e. The lowest BCUT2D eigenvalue weighted by Crippen LogP contribution is -2.63. The van der Waals surface area contributed by atoms with Gasteiger partial charge in [0.1, 0.15) is 6.61 Å². The number of alkyl halides is 3. The average molecular weight is 467 g/mol. The van der Waals surface area contributed by atoms with E-state index in [-0.39, 0.29) is 49.6 Å². The third kappa shape index (κ3) is 4.13. The topological polar surface area (TPSA) is 65.1 Å². The number of urea groups is 1. The maximum Gasteiger partial charge on any atom is 0.395 e. The van der Waals surface area contributed by atoms with Gasteiger partial charge in [-0.15, -0.1) is 0 Å². The number of hydrogen-bond acceptors (Lipinski definition) is 4. The lowest BCUT2D eigenvalue weighted by molar-refractivity contribution is -0.209. The van der Waals surface area contributed by atoms with Crippen LogP contribution in [0.1, 0.15) is 31.2 Å². The average Bonchev–Trinajstić information content (AvgIpc) is 3.16. The fraction of sp³-hybridized carbons (Fsp3) is 0.652. The Hall–Kier alpha value is -2.49. The van der Waals surface area contributed by atoms with Crippen LogP contribution >= 0.6 is 0 Å². The maximum atomic E-state index is 13.3. The third-order valence-corrected chi connectivity index (χ3v) is 7.63. The molecule has 4 aliphatic rings. The molecule has 7 nitrogen and oxygen atoms in total. The number of piperidine rings is 1. The Labute approximate surface area is 190 Å². The van der Waals surface area contributed by atoms with E-state index < -0.39 is 11.6 Å². The molecule has 1 unspecified atom stereocenters. The van der Waals surface area contributed by atoms with Gasteiger partial charge < -0.3 is 24.8 Å². The highest BCUT2D eigenvalue weighted by molar-refractivity contribution is 5.79. The number of anilines is 1. The van der Waals surface area contributed by atoms with E-state index >= 15 is 0 Å². The lowest BCUT2D eigenvalue weighted by atomic mass is 9.89. The van der Waals surface area contributed by atoms with Crippen molar-refractivity contribution in [1.82, 2.24) is 15.1 Å². The summed E-state index contributed by atoms with van der Waals surface area (Å²) in [6.07, 6.45) is -3.42. The number of nitrogens with one attached hydrogen (secondary N) is 1. The van der Waals surface area contributed by atoms with Gasteiger partial charge in [0.25, 0.3) is 0 Å². The molecular weight excluding hydrogens is 437 g/mol. The van der Waals surface area contributed by atoms with E-state index in [1.54, 1.807) is 14.7 Å². The van der Waals surface area contributed by atoms with E-state index in [2.05, 4.69) is 5.32 Å². The minimum atomic E-state index is -4.20. The number of carbonyl (C=O) groups excluding carboxylic acids is 2. The Morgan fingerprint density at radius 3 is 2.52 bits per heavy atom. The molecule has 1 aromatic carbocycles. The summed E-state index contributed by atoms with van der Waals surface area (Å²) in [6.45, 7) is 4.04. The molecule has 1 N–H and O–H groups in total. The van der Waals surface area contributed by atoms with Gasteiger partial charge in [-0.25, -0.2) is 4.79 Å². The molecule has 33 heavy (non-hydrogen) atoms. The van der Waals surface area contributed by atoms with Crippen LogP contribution in [0.25, 0.3) is 0 Å². The van der Waals surface area contributed by atoms with Crippen LogP contribution in [0, 0.1) is 5.41 Å². The van der Waals surface area contributed by atoms with Crippen molar-refractivity contribution in [3.05, 3.63) is 29.8 Å². The molecule has 0 aromatic heterocycles. The quantitative estimate of drug-likeness (QED) is 0.728. The van der Waals surface area contributed by atoms with E-state index in [0.717, 1.165) is 11.3 Å². The van der Waals surface area contributed by atoms with Crippen molar-refractivity contribution >= 4 is 17.6 Å². The van der Waals surface area contributed by atoms with E-state index in [9.17, 15) is 22.8 Å². The number of halogens is 3. The highest BCUT2D eigenvalue weighted by atomic mass is 19.4. The number of likely N-dealkylation sites (tertiary alicyclic amines) is 2. The van der Waals surface area contributed by atoms with Gasteiger partial charge in [0.05, 0.1) is 17.6 Å². The molecule has 4 heterocycles. The summed E-state index contributed by atoms with van der Waals surface area (Å²) in [6, 6.07) is 7.52. The van der Waals surface area contributed by atoms with Gasteiger partial charge in [0.15, 0.2) is 0 Å². The molecule has 1 aromatic rings. The second kappa shape index (κ2) is 8.07. The Morgan fingerprint density at radius 1 is 1.12 bits per heavy atom. The van der Waals surface area contributed by atoms with Crippen molar-refractivity contribution in [2.45, 2.75) is 44.0 Å². The van der Waals surface area contributed by atoms with Crippen molar-refractivity contribution in [1.29, 1.82) is 0 Å². The van der Waals surface area contributed by atoms with Crippen molar-refractivity contribution in [2.75, 3.05) is 50.8 Å². The number of rotatable bonds is 2. The zero-order valence-corrected chi connectivity index (χ0v) is 18.6. The predicted molar refractivity (Wildman–Crippen MR) is 115 cm³/mol. The molecule has 0 bridgehead atoms. The highest BCUT2D eigenvalue weighted by Crippen LogP contribution is 2.46. The normalized spacial score (nSPS) is 30.7. The van der Waals surface area contributed by atoms with Crippen LogP contribution in [0.3, 0.4) is 0 Å². The molecule has 0 saturated carbocycles. The fourth-order valence-electron chi connectivity index (χ4n) is 5.29. The number of fused-ring (bicyclic) bond motifs is 1. The molecule has 10 heteroatoms. The Kier molecular flexibility index (Phi) is 5.46. The van der Waals surface area contributed by atoms with E-state index in [0.29, 0.717) is 39.1 Å². The number of nitrogens with zero attached hydrogens (tertiary/aromatic N) is 3. The molecule has 4 fully saturated rings. The minimum absolute atomic E-state index is 0.0231. The Balaban J connectivity index is 1.13. The molecule has 5 rings (SSSR count). The number of hydrogen-bond donors (Lipinski definition) is 1. The number of benzene rings is 1. The number of amides is 3. The van der Waals surface area contributed by atoms with Crippen molar-refractivity contribution in [3.8, 4) is 0 Å². The fourth-order valence-corrected chi connectivity index (χ4v) is 5.29. The second-order valence-corrected chi connectivity index (χ2v) is 9.96. The predicted octanol–water partition coefficient (Wildman–Crippen LogP) is 2.57. The monoisotopic (exact) mass is 466 g/mol. The summed E-state index contributed by atoms with van der Waals surface area (Å²) in [5.41, 5.74) is 0.229. The third-order valence-electron chi connectivity index (χ3n) is 7.63. The highest BCUT2D eigenvalue weighted by Gasteiger charge is 2.54. The van der Waals surface area contributed by atoms with Crippen LogP contribution in [0.4, 0.5) is 23.7 Å². The largest absolute Gasteiger partial charge is 0.395 e. The van der Waals surface area contributed by atoms with E-state index in [1.165, 1.54) is 6.92 Å². The molecule has 4 aliphatic heterocycles. The first-order valence-electron chi connectivity index (χ1n) is 11.5. The van der Waals surface area contributed by atoms with Gasteiger partial charge in [-0.1, -0.05) is 12.1 Å². The molecule has 0 spiro atoms. The minimum Gasteiger partial charge on any atom is -0.371 e. The summed E-state index contributed by atoms with van der Waals surface area (Å²) in [7, 11) is 0. The van der Waals surface area contributed by atoms with Crippen LogP contribution in [0.2, 0.25) is 0 Å². The maximum absolute atomic E-state index is 13.3. The van der Waals surface area contributed by atoms with Gasteiger partial charge >= 0.3 is 12.2 Å². The summed E-state index contributed by atoms with van der Waals surface area (Å²) in [5.74, 6) is 0.0762. The van der Waals surface area contributed by atoms with Crippen molar-refractivity contribution in [2.24, 2.45) is 5.41 Å². The summed E-state index contributed by atoms with van der Waals surface area (Å²) in [5, 5.41) is 2.91. The van der Waals surface area contributed by atoms with Crippen LogP contribution in [-0.2, 0) is 9.53 Å². The zero-order chi connectivity index (χ0) is 23.4. The molecule has 4 saturated heterocycles. The van der Waals surface area contributed by atoms with Gasteiger partial charge in [-0.3, -0.25) is 4.79 Å². The van der Waals surface area contributed by atoms with Crippen LogP contribution < -0.4 is 10.2 Å². The molecule has 3 atom stereocenters. The molecule has 3 amide bonds.